The van der Waals surface area contributed by atoms with Crippen LogP contribution in [0.1, 0.15) is 39.9 Å². The maximum absolute atomic E-state index is 12.1. The molecule has 1 aliphatic carbocycles. The first-order valence-electron chi connectivity index (χ1n) is 6.73. The van der Waals surface area contributed by atoms with Gasteiger partial charge in [0.25, 0.3) is 5.91 Å². The Labute approximate surface area is 120 Å². The van der Waals surface area contributed by atoms with E-state index in [0.29, 0.717) is 24.8 Å². The second kappa shape index (κ2) is 5.39. The number of hydrogen-bond donors (Lipinski definition) is 2. The van der Waals surface area contributed by atoms with Crippen LogP contribution in [-0.4, -0.2) is 43.1 Å². The lowest BCUT2D eigenvalue weighted by molar-refractivity contribution is 0.0690. The Morgan fingerprint density at radius 2 is 2.24 bits per heavy atom. The van der Waals surface area contributed by atoms with E-state index in [2.05, 4.69) is 15.6 Å². The fourth-order valence-electron chi connectivity index (χ4n) is 2.14. The highest BCUT2D eigenvalue weighted by Gasteiger charge is 2.26. The third-order valence-electron chi connectivity index (χ3n) is 3.34. The van der Waals surface area contributed by atoms with Crippen molar-refractivity contribution in [3.05, 3.63) is 35.9 Å². The second-order valence-electron chi connectivity index (χ2n) is 4.96. The number of carboxylic acid groups (broad SMARTS) is 1. The summed E-state index contributed by atoms with van der Waals surface area (Å²) < 4.78 is 3.39. The minimum absolute atomic E-state index is 0.107. The molecule has 0 bridgehead atoms. The van der Waals surface area contributed by atoms with Crippen LogP contribution in [0.15, 0.2) is 24.5 Å². The van der Waals surface area contributed by atoms with Crippen molar-refractivity contribution in [1.29, 1.82) is 0 Å². The van der Waals surface area contributed by atoms with E-state index < -0.39 is 5.97 Å². The number of hydrogen-bond acceptors (Lipinski definition) is 4. The Kier molecular flexibility index (Phi) is 3.43. The molecule has 0 spiro atoms. The van der Waals surface area contributed by atoms with Gasteiger partial charge >= 0.3 is 5.97 Å². The molecule has 0 radical (unpaired) electrons. The molecular formula is C13H15N5O3. The van der Waals surface area contributed by atoms with Crippen LogP contribution < -0.4 is 5.32 Å². The van der Waals surface area contributed by atoms with E-state index in [1.54, 1.807) is 6.07 Å². The van der Waals surface area contributed by atoms with Gasteiger partial charge < -0.3 is 15.0 Å². The first kappa shape index (κ1) is 13.3. The lowest BCUT2D eigenvalue weighted by Gasteiger charge is -2.08. The van der Waals surface area contributed by atoms with Gasteiger partial charge in [-0.1, -0.05) is 5.21 Å². The van der Waals surface area contributed by atoms with Gasteiger partial charge in [-0.3, -0.25) is 4.79 Å². The SMILES string of the molecule is O=C(O)c1cn(CCNC(=O)c2cccn2C2CC2)nn1. The number of nitrogens with zero attached hydrogens (tertiary/aromatic N) is 4. The summed E-state index contributed by atoms with van der Waals surface area (Å²) in [6.45, 7) is 0.729. The van der Waals surface area contributed by atoms with E-state index in [4.69, 9.17) is 5.11 Å². The molecule has 8 nitrogen and oxygen atoms in total. The van der Waals surface area contributed by atoms with Crippen molar-refractivity contribution in [1.82, 2.24) is 24.9 Å². The Balaban J connectivity index is 1.53. The van der Waals surface area contributed by atoms with Gasteiger partial charge in [0.05, 0.1) is 12.7 Å². The maximum Gasteiger partial charge on any atom is 0.358 e. The summed E-state index contributed by atoms with van der Waals surface area (Å²) in [5.74, 6) is -1.25. The van der Waals surface area contributed by atoms with E-state index in [0.717, 1.165) is 12.8 Å². The van der Waals surface area contributed by atoms with Crippen molar-refractivity contribution in [2.75, 3.05) is 6.54 Å². The number of aromatic nitrogens is 4. The molecule has 0 atom stereocenters. The van der Waals surface area contributed by atoms with Crippen molar-refractivity contribution >= 4 is 11.9 Å². The van der Waals surface area contributed by atoms with E-state index in [-0.39, 0.29) is 11.6 Å². The number of amides is 1. The van der Waals surface area contributed by atoms with Gasteiger partial charge in [0.15, 0.2) is 5.69 Å². The molecule has 0 saturated heterocycles. The topological polar surface area (TPSA) is 102 Å². The van der Waals surface area contributed by atoms with Crippen molar-refractivity contribution in [2.24, 2.45) is 0 Å². The van der Waals surface area contributed by atoms with Crippen LogP contribution in [0.5, 0.6) is 0 Å². The molecule has 2 heterocycles. The predicted molar refractivity (Wildman–Crippen MR) is 72.0 cm³/mol. The van der Waals surface area contributed by atoms with Gasteiger partial charge in [0, 0.05) is 18.8 Å². The number of carbonyl (C=O) groups excluding carboxylic acids is 1. The average Bonchev–Trinajstić information content (AvgIpc) is 3.01. The molecule has 21 heavy (non-hydrogen) atoms. The number of carbonyl (C=O) groups is 2. The van der Waals surface area contributed by atoms with Gasteiger partial charge in [0.1, 0.15) is 5.69 Å². The molecule has 1 saturated carbocycles. The van der Waals surface area contributed by atoms with Crippen LogP contribution in [0.2, 0.25) is 0 Å². The largest absolute Gasteiger partial charge is 0.476 e. The summed E-state index contributed by atoms with van der Waals surface area (Å²) in [6.07, 6.45) is 5.49. The molecule has 1 amide bonds. The third kappa shape index (κ3) is 2.93. The molecule has 0 unspecified atom stereocenters. The van der Waals surface area contributed by atoms with Crippen LogP contribution in [-0.2, 0) is 6.54 Å². The number of nitrogens with one attached hydrogen (secondary N) is 1. The molecular weight excluding hydrogens is 274 g/mol. The molecule has 0 aromatic carbocycles. The Morgan fingerprint density at radius 1 is 1.43 bits per heavy atom. The zero-order valence-corrected chi connectivity index (χ0v) is 11.3. The predicted octanol–water partition coefficient (Wildman–Crippen LogP) is 0.543. The van der Waals surface area contributed by atoms with Gasteiger partial charge in [-0.05, 0) is 25.0 Å². The molecule has 8 heteroatoms. The fraction of sp³-hybridized carbons (Fsp3) is 0.385. The minimum atomic E-state index is -1.12. The zero-order valence-electron chi connectivity index (χ0n) is 11.3. The Morgan fingerprint density at radius 3 is 2.90 bits per heavy atom. The van der Waals surface area contributed by atoms with Gasteiger partial charge in [0.2, 0.25) is 0 Å². The third-order valence-corrected chi connectivity index (χ3v) is 3.34. The second-order valence-corrected chi connectivity index (χ2v) is 4.96. The molecule has 1 fully saturated rings. The summed E-state index contributed by atoms with van der Waals surface area (Å²) in [7, 11) is 0. The highest BCUT2D eigenvalue weighted by atomic mass is 16.4. The first-order chi connectivity index (χ1) is 10.1. The highest BCUT2D eigenvalue weighted by Crippen LogP contribution is 2.35. The van der Waals surface area contributed by atoms with E-state index >= 15 is 0 Å². The van der Waals surface area contributed by atoms with Gasteiger partial charge in [-0.25, -0.2) is 9.48 Å². The van der Waals surface area contributed by atoms with E-state index in [1.165, 1.54) is 10.9 Å². The molecule has 110 valence electrons. The molecule has 2 N–H and O–H groups in total. The number of aromatic carboxylic acids is 1. The lowest BCUT2D eigenvalue weighted by Crippen LogP contribution is -2.29. The first-order valence-corrected chi connectivity index (χ1v) is 6.73. The zero-order chi connectivity index (χ0) is 14.8. The Hall–Kier alpha value is -2.64. The highest BCUT2D eigenvalue weighted by molar-refractivity contribution is 5.92. The summed E-state index contributed by atoms with van der Waals surface area (Å²) >= 11 is 0. The molecule has 3 rings (SSSR count). The maximum atomic E-state index is 12.1. The summed E-state index contributed by atoms with van der Waals surface area (Å²) in [6, 6.07) is 4.12. The smallest absolute Gasteiger partial charge is 0.358 e. The monoisotopic (exact) mass is 289 g/mol. The summed E-state index contributed by atoms with van der Waals surface area (Å²) in [5, 5.41) is 18.7. The van der Waals surface area contributed by atoms with Gasteiger partial charge in [-0.15, -0.1) is 5.10 Å². The van der Waals surface area contributed by atoms with Crippen LogP contribution in [0, 0.1) is 0 Å². The van der Waals surface area contributed by atoms with E-state index in [1.807, 2.05) is 16.8 Å². The fourth-order valence-corrected chi connectivity index (χ4v) is 2.14. The van der Waals surface area contributed by atoms with Gasteiger partial charge in [-0.2, -0.15) is 0 Å². The van der Waals surface area contributed by atoms with Crippen LogP contribution in [0.3, 0.4) is 0 Å². The van der Waals surface area contributed by atoms with Crippen LogP contribution in [0.4, 0.5) is 0 Å². The van der Waals surface area contributed by atoms with Crippen molar-refractivity contribution < 1.29 is 14.7 Å². The summed E-state index contributed by atoms with van der Waals surface area (Å²) in [5.41, 5.74) is 0.547. The van der Waals surface area contributed by atoms with Crippen molar-refractivity contribution in [3.63, 3.8) is 0 Å². The molecule has 0 aliphatic heterocycles. The minimum Gasteiger partial charge on any atom is -0.476 e. The molecule has 1 aliphatic rings. The lowest BCUT2D eigenvalue weighted by atomic mass is 10.4. The van der Waals surface area contributed by atoms with Crippen molar-refractivity contribution in [2.45, 2.75) is 25.4 Å². The normalized spacial score (nSPS) is 14.1. The Bertz CT molecular complexity index is 671. The molecule has 2 aromatic rings. The number of carboxylic acids is 1. The van der Waals surface area contributed by atoms with Crippen LogP contribution >= 0.6 is 0 Å². The number of rotatable bonds is 6. The van der Waals surface area contributed by atoms with Crippen LogP contribution in [0.25, 0.3) is 0 Å². The molecule has 2 aromatic heterocycles. The van der Waals surface area contributed by atoms with E-state index in [9.17, 15) is 9.59 Å². The van der Waals surface area contributed by atoms with Crippen molar-refractivity contribution in [3.8, 4) is 0 Å². The average molecular weight is 289 g/mol. The standard InChI is InChI=1S/C13H15N5O3/c19-12(11-2-1-6-18(11)9-3-4-9)14-5-7-17-8-10(13(20)21)15-16-17/h1-2,6,8-9H,3-5,7H2,(H,14,19)(H,20,21). The quantitative estimate of drug-likeness (QED) is 0.808. The summed E-state index contributed by atoms with van der Waals surface area (Å²) in [4.78, 5) is 22.8.